The molecule has 0 saturated carbocycles. The number of nitrogens with two attached hydrogens (primary N) is 1. The average Bonchev–Trinajstić information content (AvgIpc) is 2.36. The molecule has 0 aliphatic rings. The molecule has 0 spiro atoms. The second-order valence-corrected chi connectivity index (χ2v) is 3.69. The molecule has 1 aromatic heterocycles. The normalized spacial score (nSPS) is 10.5. The molecule has 0 bridgehead atoms. The number of hydrogen-bond donors (Lipinski definition) is 2. The molecule has 4 heteroatoms. The highest BCUT2D eigenvalue weighted by Crippen LogP contribution is 2.25. The Hall–Kier alpha value is -1.81. The largest absolute Gasteiger partial charge is 0.494 e. The third-order valence-electron chi connectivity index (χ3n) is 2.48. The van der Waals surface area contributed by atoms with Crippen LogP contribution in [0, 0.1) is 0 Å². The van der Waals surface area contributed by atoms with Crippen molar-refractivity contribution in [2.75, 3.05) is 25.0 Å². The molecule has 0 unspecified atom stereocenters. The Morgan fingerprint density at radius 3 is 3.00 bits per heavy atom. The van der Waals surface area contributed by atoms with E-state index in [0.29, 0.717) is 13.2 Å². The molecule has 0 aliphatic heterocycles. The molecule has 0 fully saturated rings. The van der Waals surface area contributed by atoms with Gasteiger partial charge >= 0.3 is 0 Å². The molecule has 2 rings (SSSR count). The second-order valence-electron chi connectivity index (χ2n) is 3.69. The van der Waals surface area contributed by atoms with Gasteiger partial charge in [-0.05, 0) is 31.2 Å². The van der Waals surface area contributed by atoms with E-state index in [2.05, 4.69) is 10.3 Å². The molecule has 0 amide bonds. The lowest BCUT2D eigenvalue weighted by molar-refractivity contribution is 0.340. The highest BCUT2D eigenvalue weighted by atomic mass is 16.5. The van der Waals surface area contributed by atoms with Crippen LogP contribution in [0.5, 0.6) is 5.75 Å². The second kappa shape index (κ2) is 5.50. The van der Waals surface area contributed by atoms with Crippen molar-refractivity contribution in [2.24, 2.45) is 5.73 Å². The average molecular weight is 231 g/mol. The van der Waals surface area contributed by atoms with Gasteiger partial charge in [-0.15, -0.1) is 0 Å². The number of fused-ring (bicyclic) bond motifs is 1. The number of hydrogen-bond acceptors (Lipinski definition) is 4. The van der Waals surface area contributed by atoms with E-state index in [0.717, 1.165) is 28.9 Å². The van der Waals surface area contributed by atoms with E-state index in [1.807, 2.05) is 31.2 Å². The SMILES string of the molecule is CCOc1ccc2nccc(NCCN)c2c1. The Balaban J connectivity index is 2.40. The molecular formula is C13H17N3O. The standard InChI is InChI=1S/C13H17N3O/c1-2-17-10-3-4-12-11(9-10)13(5-7-15-12)16-8-6-14/h3-5,7,9H,2,6,8,14H2,1H3,(H,15,16). The van der Waals surface area contributed by atoms with E-state index >= 15 is 0 Å². The lowest BCUT2D eigenvalue weighted by atomic mass is 10.2. The molecule has 0 radical (unpaired) electrons. The maximum absolute atomic E-state index is 5.50. The van der Waals surface area contributed by atoms with Gasteiger partial charge in [-0.1, -0.05) is 0 Å². The Morgan fingerprint density at radius 2 is 2.24 bits per heavy atom. The number of nitrogens with one attached hydrogen (secondary N) is 1. The van der Waals surface area contributed by atoms with Gasteiger partial charge in [-0.25, -0.2) is 0 Å². The molecule has 3 N–H and O–H groups in total. The van der Waals surface area contributed by atoms with E-state index in [1.165, 1.54) is 0 Å². The summed E-state index contributed by atoms with van der Waals surface area (Å²) in [6, 6.07) is 7.86. The molecule has 90 valence electrons. The summed E-state index contributed by atoms with van der Waals surface area (Å²) in [5.41, 5.74) is 7.49. The van der Waals surface area contributed by atoms with E-state index in [-0.39, 0.29) is 0 Å². The van der Waals surface area contributed by atoms with Crippen LogP contribution in [0.15, 0.2) is 30.5 Å². The first-order valence-corrected chi connectivity index (χ1v) is 5.80. The van der Waals surface area contributed by atoms with Crippen molar-refractivity contribution in [1.29, 1.82) is 0 Å². The van der Waals surface area contributed by atoms with Crippen LogP contribution in [0.3, 0.4) is 0 Å². The summed E-state index contributed by atoms with van der Waals surface area (Å²) in [5, 5.41) is 4.35. The maximum atomic E-state index is 5.50. The first-order valence-electron chi connectivity index (χ1n) is 5.80. The Labute approximate surface area is 101 Å². The number of benzene rings is 1. The number of pyridine rings is 1. The zero-order valence-electron chi connectivity index (χ0n) is 9.94. The van der Waals surface area contributed by atoms with Crippen LogP contribution in [0.25, 0.3) is 10.9 Å². The Bertz CT molecular complexity index is 499. The fourth-order valence-electron chi connectivity index (χ4n) is 1.74. The van der Waals surface area contributed by atoms with Crippen molar-refractivity contribution in [1.82, 2.24) is 4.98 Å². The van der Waals surface area contributed by atoms with Crippen molar-refractivity contribution < 1.29 is 4.74 Å². The molecule has 2 aromatic rings. The molecular weight excluding hydrogens is 214 g/mol. The van der Waals surface area contributed by atoms with Gasteiger partial charge in [0.1, 0.15) is 5.75 Å². The van der Waals surface area contributed by atoms with E-state index in [9.17, 15) is 0 Å². The topological polar surface area (TPSA) is 60.2 Å². The zero-order valence-corrected chi connectivity index (χ0v) is 9.94. The van der Waals surface area contributed by atoms with Crippen LogP contribution in [0.1, 0.15) is 6.92 Å². The predicted octanol–water partition coefficient (Wildman–Crippen LogP) is 2.00. The fraction of sp³-hybridized carbons (Fsp3) is 0.308. The van der Waals surface area contributed by atoms with Crippen LogP contribution >= 0.6 is 0 Å². The highest BCUT2D eigenvalue weighted by molar-refractivity contribution is 5.92. The van der Waals surface area contributed by atoms with Gasteiger partial charge in [0.2, 0.25) is 0 Å². The number of ether oxygens (including phenoxy) is 1. The monoisotopic (exact) mass is 231 g/mol. The number of anilines is 1. The van der Waals surface area contributed by atoms with Gasteiger partial charge in [0.15, 0.2) is 0 Å². The summed E-state index contributed by atoms with van der Waals surface area (Å²) in [6.45, 7) is 3.99. The van der Waals surface area contributed by atoms with Crippen LogP contribution in [0.4, 0.5) is 5.69 Å². The van der Waals surface area contributed by atoms with Gasteiger partial charge in [0.25, 0.3) is 0 Å². The minimum atomic E-state index is 0.606. The summed E-state index contributed by atoms with van der Waals surface area (Å²) in [6.07, 6.45) is 1.79. The molecule has 1 aromatic carbocycles. The van der Waals surface area contributed by atoms with E-state index in [4.69, 9.17) is 10.5 Å². The number of rotatable bonds is 5. The third-order valence-corrected chi connectivity index (χ3v) is 2.48. The highest BCUT2D eigenvalue weighted by Gasteiger charge is 2.03. The van der Waals surface area contributed by atoms with Gasteiger partial charge in [0, 0.05) is 30.4 Å². The van der Waals surface area contributed by atoms with Gasteiger partial charge in [-0.3, -0.25) is 4.98 Å². The van der Waals surface area contributed by atoms with Crippen LogP contribution in [0.2, 0.25) is 0 Å². The van der Waals surface area contributed by atoms with E-state index in [1.54, 1.807) is 6.20 Å². The van der Waals surface area contributed by atoms with Crippen molar-refractivity contribution in [3.8, 4) is 5.75 Å². The third kappa shape index (κ3) is 2.65. The molecule has 0 saturated heterocycles. The Morgan fingerprint density at radius 1 is 1.35 bits per heavy atom. The van der Waals surface area contributed by atoms with Crippen molar-refractivity contribution in [2.45, 2.75) is 6.92 Å². The summed E-state index contributed by atoms with van der Waals surface area (Å²) in [7, 11) is 0. The summed E-state index contributed by atoms with van der Waals surface area (Å²) in [4.78, 5) is 4.32. The summed E-state index contributed by atoms with van der Waals surface area (Å²) in [5.74, 6) is 0.865. The predicted molar refractivity (Wildman–Crippen MR) is 70.5 cm³/mol. The summed E-state index contributed by atoms with van der Waals surface area (Å²) < 4.78 is 5.49. The quantitative estimate of drug-likeness (QED) is 0.826. The molecule has 4 nitrogen and oxygen atoms in total. The van der Waals surface area contributed by atoms with Crippen LogP contribution in [-0.2, 0) is 0 Å². The van der Waals surface area contributed by atoms with Crippen molar-refractivity contribution in [3.05, 3.63) is 30.5 Å². The maximum Gasteiger partial charge on any atom is 0.120 e. The molecule has 0 aliphatic carbocycles. The lowest BCUT2D eigenvalue weighted by Gasteiger charge is -2.10. The van der Waals surface area contributed by atoms with E-state index < -0.39 is 0 Å². The zero-order chi connectivity index (χ0) is 12.1. The fourth-order valence-corrected chi connectivity index (χ4v) is 1.74. The lowest BCUT2D eigenvalue weighted by Crippen LogP contribution is -2.13. The van der Waals surface area contributed by atoms with Crippen molar-refractivity contribution >= 4 is 16.6 Å². The summed E-state index contributed by atoms with van der Waals surface area (Å²) >= 11 is 0. The number of nitrogens with zero attached hydrogens (tertiary/aromatic N) is 1. The van der Waals surface area contributed by atoms with Gasteiger partial charge < -0.3 is 15.8 Å². The molecule has 1 heterocycles. The van der Waals surface area contributed by atoms with Gasteiger partial charge in [-0.2, -0.15) is 0 Å². The minimum absolute atomic E-state index is 0.606. The molecule has 17 heavy (non-hydrogen) atoms. The smallest absolute Gasteiger partial charge is 0.120 e. The van der Waals surface area contributed by atoms with Crippen LogP contribution in [-0.4, -0.2) is 24.7 Å². The van der Waals surface area contributed by atoms with Gasteiger partial charge in [0.05, 0.1) is 12.1 Å². The van der Waals surface area contributed by atoms with Crippen LogP contribution < -0.4 is 15.8 Å². The van der Waals surface area contributed by atoms with Crippen molar-refractivity contribution in [3.63, 3.8) is 0 Å². The first kappa shape index (κ1) is 11.7. The first-order chi connectivity index (χ1) is 8.35. The minimum Gasteiger partial charge on any atom is -0.494 e. The molecule has 0 atom stereocenters. The number of aromatic nitrogens is 1. The Kier molecular flexibility index (Phi) is 3.77.